The van der Waals surface area contributed by atoms with Crippen molar-refractivity contribution in [1.29, 1.82) is 0 Å². The van der Waals surface area contributed by atoms with Crippen LogP contribution in [-0.4, -0.2) is 10.2 Å². The highest BCUT2D eigenvalue weighted by Crippen LogP contribution is 1.74. The maximum Gasteiger partial charge on any atom is 0.113 e. The van der Waals surface area contributed by atoms with E-state index in [0.29, 0.717) is 0 Å². The van der Waals surface area contributed by atoms with Gasteiger partial charge in [0, 0.05) is 6.20 Å². The largest absolute Gasteiger partial charge is 0.158 e. The molecule has 0 spiro atoms. The van der Waals surface area contributed by atoms with Gasteiger partial charge in [-0.25, -0.2) is 0 Å². The average molecular weight is 131 g/mol. The minimum absolute atomic E-state index is 1.61. The van der Waals surface area contributed by atoms with E-state index in [2.05, 4.69) is 16.4 Å². The van der Waals surface area contributed by atoms with Crippen molar-refractivity contribution in [2.45, 2.75) is 0 Å². The molecule has 0 aliphatic rings. The standard InChI is InChI=1S/C8H7N2/c1-2-4-6-8-10-9-7-5-3-1/h1-7H. The second-order valence-corrected chi connectivity index (χ2v) is 1.62. The lowest BCUT2D eigenvalue weighted by Gasteiger charge is -1.68. The van der Waals surface area contributed by atoms with E-state index in [1.54, 1.807) is 18.3 Å². The molecule has 49 valence electrons. The number of nitrogens with zero attached hydrogens (tertiary/aromatic N) is 2. The van der Waals surface area contributed by atoms with E-state index in [1.807, 2.05) is 24.3 Å². The first-order valence-corrected chi connectivity index (χ1v) is 2.97. The fourth-order valence-corrected chi connectivity index (χ4v) is 0.479. The zero-order valence-corrected chi connectivity index (χ0v) is 5.44. The molecule has 0 saturated carbocycles. The minimum atomic E-state index is 1.61. The number of aromatic nitrogens is 2. The summed E-state index contributed by atoms with van der Waals surface area (Å²) >= 11 is 0. The first-order chi connectivity index (χ1) is 5.00. The minimum Gasteiger partial charge on any atom is -0.158 e. The molecule has 0 aromatic carbocycles. The topological polar surface area (TPSA) is 25.8 Å². The Morgan fingerprint density at radius 2 is 1.70 bits per heavy atom. The lowest BCUT2D eigenvalue weighted by atomic mass is 10.5. The van der Waals surface area contributed by atoms with Crippen molar-refractivity contribution in [3.63, 3.8) is 0 Å². The maximum absolute atomic E-state index is 3.65. The van der Waals surface area contributed by atoms with Gasteiger partial charge in [-0.3, -0.25) is 0 Å². The van der Waals surface area contributed by atoms with Gasteiger partial charge >= 0.3 is 0 Å². The Morgan fingerprint density at radius 3 is 2.70 bits per heavy atom. The highest BCUT2D eigenvalue weighted by Gasteiger charge is 1.60. The fraction of sp³-hybridized carbons (Fsp3) is 0. The molecule has 2 nitrogen and oxygen atoms in total. The van der Waals surface area contributed by atoms with Gasteiger partial charge in [-0.05, 0) is 12.1 Å². The van der Waals surface area contributed by atoms with Crippen LogP contribution in [0, 0.1) is 6.20 Å². The van der Waals surface area contributed by atoms with Crippen LogP contribution in [0.1, 0.15) is 0 Å². The van der Waals surface area contributed by atoms with Crippen molar-refractivity contribution in [3.05, 3.63) is 48.8 Å². The molecule has 1 aromatic heterocycles. The normalized spacial score (nSPS) is 8.00. The van der Waals surface area contributed by atoms with Gasteiger partial charge in [0.2, 0.25) is 0 Å². The van der Waals surface area contributed by atoms with Crippen molar-refractivity contribution in [2.24, 2.45) is 0 Å². The SMILES string of the molecule is [c]1cccccccnn1. The lowest BCUT2D eigenvalue weighted by Crippen LogP contribution is -1.67. The van der Waals surface area contributed by atoms with Crippen molar-refractivity contribution in [1.82, 2.24) is 10.2 Å². The average Bonchev–Trinajstić information content (AvgIpc) is 2.01. The molecule has 10 heavy (non-hydrogen) atoms. The third kappa shape index (κ3) is 2.77. The summed E-state index contributed by atoms with van der Waals surface area (Å²) in [5.74, 6) is 0. The molecule has 1 rings (SSSR count). The van der Waals surface area contributed by atoms with Crippen LogP contribution < -0.4 is 0 Å². The van der Waals surface area contributed by atoms with Gasteiger partial charge in [-0.15, -0.1) is 5.10 Å². The third-order valence-electron chi connectivity index (χ3n) is 0.883. The van der Waals surface area contributed by atoms with Crippen LogP contribution in [0.3, 0.4) is 0 Å². The summed E-state index contributed by atoms with van der Waals surface area (Å²) in [5, 5.41) is 7.23. The quantitative estimate of drug-likeness (QED) is 0.532. The summed E-state index contributed by atoms with van der Waals surface area (Å²) in [5.41, 5.74) is 0. The van der Waals surface area contributed by atoms with Gasteiger partial charge in [0.1, 0.15) is 6.20 Å². The summed E-state index contributed by atoms with van der Waals surface area (Å²) in [4.78, 5) is 0. The first-order valence-electron chi connectivity index (χ1n) is 2.97. The predicted octanol–water partition coefficient (Wildman–Crippen LogP) is 1.40. The second-order valence-electron chi connectivity index (χ2n) is 1.62. The Labute approximate surface area is 59.9 Å². The monoisotopic (exact) mass is 131 g/mol. The zero-order valence-electron chi connectivity index (χ0n) is 5.44. The van der Waals surface area contributed by atoms with E-state index in [1.165, 1.54) is 0 Å². The number of rotatable bonds is 0. The smallest absolute Gasteiger partial charge is 0.113 e. The predicted molar refractivity (Wildman–Crippen MR) is 38.5 cm³/mol. The Balaban J connectivity index is 3.00. The fourth-order valence-electron chi connectivity index (χ4n) is 0.479. The molecule has 1 radical (unpaired) electrons. The Hall–Kier alpha value is -1.44. The molecule has 0 N–H and O–H groups in total. The molecule has 1 aromatic rings. The van der Waals surface area contributed by atoms with E-state index in [4.69, 9.17) is 0 Å². The molecule has 0 unspecified atom stereocenters. The van der Waals surface area contributed by atoms with E-state index >= 15 is 0 Å². The van der Waals surface area contributed by atoms with Crippen LogP contribution in [0.2, 0.25) is 0 Å². The van der Waals surface area contributed by atoms with Crippen LogP contribution in [0.4, 0.5) is 0 Å². The molecular formula is C8H7N2. The van der Waals surface area contributed by atoms with Crippen LogP contribution in [0.25, 0.3) is 0 Å². The molecule has 0 aliphatic heterocycles. The highest BCUT2D eigenvalue weighted by molar-refractivity contribution is 4.91. The molecular weight excluding hydrogens is 124 g/mol. The summed E-state index contributed by atoms with van der Waals surface area (Å²) in [6.45, 7) is 0. The molecule has 1 heterocycles. The van der Waals surface area contributed by atoms with E-state index < -0.39 is 0 Å². The number of hydrogen-bond donors (Lipinski definition) is 0. The van der Waals surface area contributed by atoms with Crippen LogP contribution in [0.5, 0.6) is 0 Å². The Kier molecular flexibility index (Phi) is 2.96. The summed E-state index contributed by atoms with van der Waals surface area (Å²) < 4.78 is 0. The van der Waals surface area contributed by atoms with Gasteiger partial charge in [-0.2, -0.15) is 5.10 Å². The summed E-state index contributed by atoms with van der Waals surface area (Å²) in [7, 11) is 0. The molecule has 0 aliphatic carbocycles. The van der Waals surface area contributed by atoms with Crippen molar-refractivity contribution >= 4 is 0 Å². The maximum atomic E-state index is 3.65. The second kappa shape index (κ2) is 4.44. The first kappa shape index (κ1) is 6.68. The molecule has 0 atom stereocenters. The molecule has 0 saturated heterocycles. The molecule has 0 amide bonds. The van der Waals surface area contributed by atoms with Gasteiger partial charge in [0.25, 0.3) is 0 Å². The summed E-state index contributed by atoms with van der Waals surface area (Å²) in [6.07, 6.45) is 4.22. The van der Waals surface area contributed by atoms with E-state index in [-0.39, 0.29) is 0 Å². The van der Waals surface area contributed by atoms with Crippen LogP contribution >= 0.6 is 0 Å². The van der Waals surface area contributed by atoms with Crippen molar-refractivity contribution < 1.29 is 0 Å². The van der Waals surface area contributed by atoms with E-state index in [9.17, 15) is 0 Å². The van der Waals surface area contributed by atoms with Gasteiger partial charge in [-0.1, -0.05) is 24.3 Å². The molecule has 0 bridgehead atoms. The summed E-state index contributed by atoms with van der Waals surface area (Å²) in [6, 6.07) is 11.0. The van der Waals surface area contributed by atoms with Gasteiger partial charge in [0.05, 0.1) is 0 Å². The third-order valence-corrected chi connectivity index (χ3v) is 0.883. The van der Waals surface area contributed by atoms with E-state index in [0.717, 1.165) is 0 Å². The van der Waals surface area contributed by atoms with Crippen LogP contribution in [-0.2, 0) is 0 Å². The highest BCUT2D eigenvalue weighted by atomic mass is 15.1. The zero-order chi connectivity index (χ0) is 7.07. The lowest BCUT2D eigenvalue weighted by molar-refractivity contribution is 1.04. The van der Waals surface area contributed by atoms with Crippen molar-refractivity contribution in [3.8, 4) is 0 Å². The Bertz CT molecular complexity index is 146. The van der Waals surface area contributed by atoms with Gasteiger partial charge in [0.15, 0.2) is 0 Å². The van der Waals surface area contributed by atoms with Crippen molar-refractivity contribution in [2.75, 3.05) is 0 Å². The van der Waals surface area contributed by atoms with Gasteiger partial charge < -0.3 is 0 Å². The van der Waals surface area contributed by atoms with Crippen LogP contribution in [0.15, 0.2) is 42.6 Å². The molecule has 2 heteroatoms. The number of hydrogen-bond acceptors (Lipinski definition) is 2. The Morgan fingerprint density at radius 1 is 0.900 bits per heavy atom. The molecule has 0 fully saturated rings.